The summed E-state index contributed by atoms with van der Waals surface area (Å²) in [5.41, 5.74) is -0.793. The molecule has 0 amide bonds. The Hall–Kier alpha value is -1.66. The monoisotopic (exact) mass is 282 g/mol. The zero-order valence-electron chi connectivity index (χ0n) is 10.1. The Morgan fingerprint density at radius 2 is 1.63 bits per heavy atom. The summed E-state index contributed by atoms with van der Waals surface area (Å²) in [5.74, 6) is -8.06. The average Bonchev–Trinajstić information content (AvgIpc) is 2.26. The standard InChI is InChI=1S/C12H11F5O2/c1-7(2)19-9-6-4-3-5-8(9)10(18)11(13,14)12(15,16)17/h3-7H,1-2H3. The predicted molar refractivity (Wildman–Crippen MR) is 57.5 cm³/mol. The van der Waals surface area contributed by atoms with E-state index in [1.54, 1.807) is 13.8 Å². The first kappa shape index (κ1) is 15.4. The van der Waals surface area contributed by atoms with E-state index in [9.17, 15) is 26.7 Å². The number of benzene rings is 1. The zero-order valence-corrected chi connectivity index (χ0v) is 10.1. The van der Waals surface area contributed by atoms with Crippen molar-refractivity contribution >= 4 is 5.78 Å². The molecule has 106 valence electrons. The van der Waals surface area contributed by atoms with E-state index in [0.29, 0.717) is 0 Å². The van der Waals surface area contributed by atoms with Gasteiger partial charge in [0.2, 0.25) is 5.78 Å². The van der Waals surface area contributed by atoms with Crippen LogP contribution in [0.15, 0.2) is 24.3 Å². The van der Waals surface area contributed by atoms with Crippen LogP contribution >= 0.6 is 0 Å². The van der Waals surface area contributed by atoms with E-state index in [1.165, 1.54) is 18.2 Å². The van der Waals surface area contributed by atoms with Crippen molar-refractivity contribution in [3.8, 4) is 5.75 Å². The second-order valence-electron chi connectivity index (χ2n) is 4.06. The molecule has 0 bridgehead atoms. The first-order valence-corrected chi connectivity index (χ1v) is 5.32. The molecule has 0 saturated heterocycles. The van der Waals surface area contributed by atoms with Gasteiger partial charge in [0.15, 0.2) is 0 Å². The lowest BCUT2D eigenvalue weighted by molar-refractivity contribution is -0.255. The van der Waals surface area contributed by atoms with Crippen LogP contribution < -0.4 is 4.74 Å². The minimum atomic E-state index is -5.94. The van der Waals surface area contributed by atoms with E-state index in [4.69, 9.17) is 4.74 Å². The second-order valence-corrected chi connectivity index (χ2v) is 4.06. The lowest BCUT2D eigenvalue weighted by atomic mass is 10.0. The van der Waals surface area contributed by atoms with Gasteiger partial charge < -0.3 is 4.74 Å². The van der Waals surface area contributed by atoms with Gasteiger partial charge in [-0.05, 0) is 26.0 Å². The van der Waals surface area contributed by atoms with Gasteiger partial charge in [-0.1, -0.05) is 12.1 Å². The molecule has 0 atom stereocenters. The van der Waals surface area contributed by atoms with Crippen LogP contribution in [-0.4, -0.2) is 24.0 Å². The molecule has 0 spiro atoms. The maximum absolute atomic E-state index is 13.0. The van der Waals surface area contributed by atoms with Crippen LogP contribution in [0.2, 0.25) is 0 Å². The van der Waals surface area contributed by atoms with E-state index in [0.717, 1.165) is 6.07 Å². The third-order valence-corrected chi connectivity index (χ3v) is 2.14. The van der Waals surface area contributed by atoms with Gasteiger partial charge in [0.25, 0.3) is 0 Å². The number of hydrogen-bond acceptors (Lipinski definition) is 2. The van der Waals surface area contributed by atoms with Crippen LogP contribution in [0.3, 0.4) is 0 Å². The van der Waals surface area contributed by atoms with Crippen molar-refractivity contribution < 1.29 is 31.5 Å². The van der Waals surface area contributed by atoms with Crippen LogP contribution in [0.1, 0.15) is 24.2 Å². The zero-order chi connectivity index (χ0) is 14.8. The SMILES string of the molecule is CC(C)Oc1ccccc1C(=O)C(F)(F)C(F)(F)F. The minimum absolute atomic E-state index is 0.300. The van der Waals surface area contributed by atoms with Gasteiger partial charge >= 0.3 is 12.1 Å². The van der Waals surface area contributed by atoms with Gasteiger partial charge in [0.05, 0.1) is 11.7 Å². The number of rotatable bonds is 4. The maximum atomic E-state index is 13.0. The van der Waals surface area contributed by atoms with E-state index >= 15 is 0 Å². The Balaban J connectivity index is 3.20. The fourth-order valence-electron chi connectivity index (χ4n) is 1.31. The molecule has 0 fully saturated rings. The fraction of sp³-hybridized carbons (Fsp3) is 0.417. The van der Waals surface area contributed by atoms with Gasteiger partial charge in [-0.25, -0.2) is 0 Å². The highest BCUT2D eigenvalue weighted by molar-refractivity contribution is 6.04. The summed E-state index contributed by atoms with van der Waals surface area (Å²) < 4.78 is 67.5. The highest BCUT2D eigenvalue weighted by atomic mass is 19.4. The number of ketones is 1. The van der Waals surface area contributed by atoms with Crippen molar-refractivity contribution in [2.45, 2.75) is 32.1 Å². The number of halogens is 5. The van der Waals surface area contributed by atoms with Crippen LogP contribution in [0.4, 0.5) is 22.0 Å². The largest absolute Gasteiger partial charge is 0.490 e. The molecule has 0 radical (unpaired) electrons. The lowest BCUT2D eigenvalue weighted by Crippen LogP contribution is -2.44. The van der Waals surface area contributed by atoms with Gasteiger partial charge in [-0.2, -0.15) is 22.0 Å². The van der Waals surface area contributed by atoms with Crippen molar-refractivity contribution in [1.29, 1.82) is 0 Å². The van der Waals surface area contributed by atoms with Gasteiger partial charge in [-0.15, -0.1) is 0 Å². The first-order chi connectivity index (χ1) is 8.57. The number of ether oxygens (including phenoxy) is 1. The van der Waals surface area contributed by atoms with Crippen molar-refractivity contribution in [3.05, 3.63) is 29.8 Å². The molecule has 0 heterocycles. The Morgan fingerprint density at radius 3 is 2.11 bits per heavy atom. The number of alkyl halides is 5. The lowest BCUT2D eigenvalue weighted by Gasteiger charge is -2.20. The summed E-state index contributed by atoms with van der Waals surface area (Å²) in [6.45, 7) is 3.12. The fourth-order valence-corrected chi connectivity index (χ4v) is 1.31. The number of hydrogen-bond donors (Lipinski definition) is 0. The Bertz CT molecular complexity index is 465. The van der Waals surface area contributed by atoms with Crippen LogP contribution in [0, 0.1) is 0 Å². The van der Waals surface area contributed by atoms with E-state index in [-0.39, 0.29) is 5.75 Å². The maximum Gasteiger partial charge on any atom is 0.461 e. The highest BCUT2D eigenvalue weighted by Gasteiger charge is 2.63. The molecule has 0 aliphatic heterocycles. The summed E-state index contributed by atoms with van der Waals surface area (Å²) in [5, 5.41) is 0. The van der Waals surface area contributed by atoms with Crippen molar-refractivity contribution in [2.24, 2.45) is 0 Å². The van der Waals surface area contributed by atoms with Crippen LogP contribution in [0.5, 0.6) is 5.75 Å². The van der Waals surface area contributed by atoms with Crippen molar-refractivity contribution in [2.75, 3.05) is 0 Å². The topological polar surface area (TPSA) is 26.3 Å². The molecular weight excluding hydrogens is 271 g/mol. The predicted octanol–water partition coefficient (Wildman–Crippen LogP) is 3.85. The molecule has 1 aromatic rings. The van der Waals surface area contributed by atoms with E-state index < -0.39 is 29.5 Å². The quantitative estimate of drug-likeness (QED) is 0.619. The third kappa shape index (κ3) is 3.21. The molecule has 0 aromatic heterocycles. The molecule has 0 unspecified atom stereocenters. The number of Topliss-reactive ketones (excluding diaryl/α,β-unsaturated/α-hetero) is 1. The minimum Gasteiger partial charge on any atom is -0.490 e. The molecule has 1 aromatic carbocycles. The Morgan fingerprint density at radius 1 is 1.11 bits per heavy atom. The van der Waals surface area contributed by atoms with Gasteiger partial charge in [0, 0.05) is 0 Å². The van der Waals surface area contributed by atoms with Gasteiger partial charge in [0.1, 0.15) is 5.75 Å². The molecule has 19 heavy (non-hydrogen) atoms. The molecular formula is C12H11F5O2. The molecule has 1 rings (SSSR count). The highest BCUT2D eigenvalue weighted by Crippen LogP contribution is 2.39. The third-order valence-electron chi connectivity index (χ3n) is 2.14. The summed E-state index contributed by atoms with van der Waals surface area (Å²) >= 11 is 0. The normalized spacial score (nSPS) is 12.6. The Labute approximate surface area is 106 Å². The average molecular weight is 282 g/mol. The number of para-hydroxylation sites is 1. The summed E-state index contributed by atoms with van der Waals surface area (Å²) in [6, 6.07) is 4.60. The van der Waals surface area contributed by atoms with Crippen LogP contribution in [-0.2, 0) is 0 Å². The summed E-state index contributed by atoms with van der Waals surface area (Å²) in [6.07, 6.45) is -6.40. The van der Waals surface area contributed by atoms with Gasteiger partial charge in [-0.3, -0.25) is 4.79 Å². The number of carbonyl (C=O) groups excluding carboxylic acids is 1. The molecule has 0 aliphatic carbocycles. The van der Waals surface area contributed by atoms with Crippen LogP contribution in [0.25, 0.3) is 0 Å². The van der Waals surface area contributed by atoms with Crippen molar-refractivity contribution in [3.63, 3.8) is 0 Å². The smallest absolute Gasteiger partial charge is 0.461 e. The molecule has 0 aliphatic rings. The molecule has 0 saturated carbocycles. The summed E-state index contributed by atoms with van der Waals surface area (Å²) in [7, 11) is 0. The Kier molecular flexibility index (Phi) is 4.17. The van der Waals surface area contributed by atoms with Crippen molar-refractivity contribution in [1.82, 2.24) is 0 Å². The van der Waals surface area contributed by atoms with E-state index in [1.807, 2.05) is 0 Å². The molecule has 2 nitrogen and oxygen atoms in total. The first-order valence-electron chi connectivity index (χ1n) is 5.32. The molecule has 7 heteroatoms. The summed E-state index contributed by atoms with van der Waals surface area (Å²) in [4.78, 5) is 11.4. The molecule has 0 N–H and O–H groups in total. The number of carbonyl (C=O) groups is 1. The second kappa shape index (κ2) is 5.14. The van der Waals surface area contributed by atoms with E-state index in [2.05, 4.69) is 0 Å².